The molecule has 0 aliphatic carbocycles. The molecule has 0 bridgehead atoms. The minimum atomic E-state index is -0.334. The quantitative estimate of drug-likeness (QED) is 0.863. The summed E-state index contributed by atoms with van der Waals surface area (Å²) in [7, 11) is 1.44. The van der Waals surface area contributed by atoms with E-state index >= 15 is 0 Å². The molecule has 2 aromatic rings. The van der Waals surface area contributed by atoms with Crippen LogP contribution in [0, 0.1) is 5.82 Å². The van der Waals surface area contributed by atoms with Crippen LogP contribution in [0.15, 0.2) is 42.5 Å². The van der Waals surface area contributed by atoms with Crippen molar-refractivity contribution in [2.45, 2.75) is 25.4 Å². The van der Waals surface area contributed by atoms with E-state index in [1.54, 1.807) is 30.3 Å². The summed E-state index contributed by atoms with van der Waals surface area (Å²) in [5.74, 6) is -0.437. The van der Waals surface area contributed by atoms with Crippen molar-refractivity contribution in [3.05, 3.63) is 59.4 Å². The maximum atomic E-state index is 13.9. The smallest absolute Gasteiger partial charge is 0.255 e. The Hall–Kier alpha value is -2.60. The Kier molecular flexibility index (Phi) is 5.73. The van der Waals surface area contributed by atoms with Crippen molar-refractivity contribution < 1.29 is 19.0 Å². The summed E-state index contributed by atoms with van der Waals surface area (Å²) < 4.78 is 18.9. The van der Waals surface area contributed by atoms with E-state index in [1.165, 1.54) is 13.2 Å². The zero-order valence-corrected chi connectivity index (χ0v) is 14.7. The second-order valence-corrected chi connectivity index (χ2v) is 6.50. The van der Waals surface area contributed by atoms with E-state index in [4.69, 9.17) is 4.74 Å². The highest BCUT2D eigenvalue weighted by Gasteiger charge is 2.24. The molecule has 0 aromatic heterocycles. The van der Waals surface area contributed by atoms with Crippen molar-refractivity contribution in [1.82, 2.24) is 10.2 Å². The number of halogens is 1. The van der Waals surface area contributed by atoms with Gasteiger partial charge in [0.2, 0.25) is 0 Å². The molecule has 0 radical (unpaired) electrons. The van der Waals surface area contributed by atoms with Crippen LogP contribution in [0.5, 0.6) is 11.5 Å². The third-order valence-electron chi connectivity index (χ3n) is 4.66. The normalized spacial score (nSPS) is 17.7. The van der Waals surface area contributed by atoms with Crippen molar-refractivity contribution >= 4 is 5.91 Å². The Morgan fingerprint density at radius 2 is 2.12 bits per heavy atom. The molecule has 6 heteroatoms. The molecule has 0 spiro atoms. The molecule has 26 heavy (non-hydrogen) atoms. The van der Waals surface area contributed by atoms with Gasteiger partial charge in [-0.25, -0.2) is 4.39 Å². The van der Waals surface area contributed by atoms with Crippen LogP contribution < -0.4 is 10.1 Å². The van der Waals surface area contributed by atoms with Gasteiger partial charge in [0.05, 0.1) is 12.7 Å². The van der Waals surface area contributed by atoms with Gasteiger partial charge in [0.15, 0.2) is 11.5 Å². The molecule has 5 nitrogen and oxygen atoms in total. The highest BCUT2D eigenvalue weighted by atomic mass is 19.1. The zero-order valence-electron chi connectivity index (χ0n) is 14.7. The van der Waals surface area contributed by atoms with Gasteiger partial charge in [-0.3, -0.25) is 9.69 Å². The van der Waals surface area contributed by atoms with Gasteiger partial charge in [0.1, 0.15) is 5.82 Å². The molecular weight excluding hydrogens is 335 g/mol. The molecule has 2 aromatic carbocycles. The van der Waals surface area contributed by atoms with Crippen molar-refractivity contribution in [2.75, 3.05) is 20.2 Å². The molecule has 1 aliphatic heterocycles. The molecule has 0 unspecified atom stereocenters. The summed E-state index contributed by atoms with van der Waals surface area (Å²) in [6, 6.07) is 11.5. The molecule has 0 saturated carbocycles. The second-order valence-electron chi connectivity index (χ2n) is 6.50. The van der Waals surface area contributed by atoms with E-state index < -0.39 is 0 Å². The molecule has 1 heterocycles. The van der Waals surface area contributed by atoms with Gasteiger partial charge in [-0.15, -0.1) is 0 Å². The molecule has 1 atom stereocenters. The summed E-state index contributed by atoms with van der Waals surface area (Å²) in [6.07, 6.45) is 1.77. The Morgan fingerprint density at radius 3 is 2.88 bits per heavy atom. The van der Waals surface area contributed by atoms with Gasteiger partial charge in [-0.05, 0) is 37.6 Å². The number of piperidine rings is 1. The number of benzene rings is 2. The third kappa shape index (κ3) is 4.14. The van der Waals surface area contributed by atoms with E-state index in [9.17, 15) is 14.3 Å². The van der Waals surface area contributed by atoms with Gasteiger partial charge in [-0.2, -0.15) is 0 Å². The fraction of sp³-hybridized carbons (Fsp3) is 0.350. The number of likely N-dealkylation sites (tertiary alicyclic amines) is 1. The van der Waals surface area contributed by atoms with Crippen LogP contribution in [-0.4, -0.2) is 42.2 Å². The number of carbonyl (C=O) groups excluding carboxylic acids is 1. The first-order valence-corrected chi connectivity index (χ1v) is 8.71. The van der Waals surface area contributed by atoms with Crippen LogP contribution in [0.2, 0.25) is 0 Å². The Morgan fingerprint density at radius 1 is 1.31 bits per heavy atom. The summed E-state index contributed by atoms with van der Waals surface area (Å²) in [5, 5.41) is 13.1. The first-order valence-electron chi connectivity index (χ1n) is 8.71. The Bertz CT molecular complexity index is 781. The number of ether oxygens (including phenoxy) is 1. The number of nitrogens with zero attached hydrogens (tertiary/aromatic N) is 1. The summed E-state index contributed by atoms with van der Waals surface area (Å²) in [4.78, 5) is 14.7. The first kappa shape index (κ1) is 18.2. The molecule has 1 saturated heterocycles. The van der Waals surface area contributed by atoms with Crippen molar-refractivity contribution in [2.24, 2.45) is 0 Å². The largest absolute Gasteiger partial charge is 0.504 e. The van der Waals surface area contributed by atoms with E-state index in [-0.39, 0.29) is 34.8 Å². The van der Waals surface area contributed by atoms with Gasteiger partial charge < -0.3 is 15.2 Å². The summed E-state index contributed by atoms with van der Waals surface area (Å²) >= 11 is 0. The molecule has 1 aliphatic rings. The number of carbonyl (C=O) groups is 1. The number of hydrogen-bond donors (Lipinski definition) is 2. The molecule has 2 N–H and O–H groups in total. The number of methoxy groups -OCH3 is 1. The van der Waals surface area contributed by atoms with Gasteiger partial charge in [0.25, 0.3) is 5.91 Å². The Balaban J connectivity index is 1.63. The molecule has 1 amide bonds. The predicted octanol–water partition coefficient (Wildman–Crippen LogP) is 2.93. The average Bonchev–Trinajstić information content (AvgIpc) is 2.64. The van der Waals surface area contributed by atoms with Crippen LogP contribution in [0.1, 0.15) is 28.8 Å². The minimum absolute atomic E-state index is 0.0476. The van der Waals surface area contributed by atoms with E-state index in [0.29, 0.717) is 18.7 Å². The maximum absolute atomic E-state index is 13.9. The van der Waals surface area contributed by atoms with Gasteiger partial charge in [0, 0.05) is 24.7 Å². The van der Waals surface area contributed by atoms with Crippen LogP contribution in [-0.2, 0) is 6.54 Å². The lowest BCUT2D eigenvalue weighted by atomic mass is 10.0. The lowest BCUT2D eigenvalue weighted by molar-refractivity contribution is 0.0897. The van der Waals surface area contributed by atoms with E-state index in [0.717, 1.165) is 19.4 Å². The number of amides is 1. The van der Waals surface area contributed by atoms with Crippen molar-refractivity contribution in [3.8, 4) is 11.5 Å². The fourth-order valence-electron chi connectivity index (χ4n) is 3.32. The highest BCUT2D eigenvalue weighted by Crippen LogP contribution is 2.29. The number of phenolic OH excluding ortho intramolecular Hbond substituents is 1. The number of nitrogens with one attached hydrogen (secondary N) is 1. The molecule has 3 rings (SSSR count). The molecular formula is C20H23FN2O3. The lowest BCUT2D eigenvalue weighted by Gasteiger charge is -2.33. The lowest BCUT2D eigenvalue weighted by Crippen LogP contribution is -2.47. The van der Waals surface area contributed by atoms with Gasteiger partial charge in [-0.1, -0.05) is 24.3 Å². The predicted molar refractivity (Wildman–Crippen MR) is 96.8 cm³/mol. The number of aromatic hydroxyl groups is 1. The average molecular weight is 358 g/mol. The second kappa shape index (κ2) is 8.19. The summed E-state index contributed by atoms with van der Waals surface area (Å²) in [6.45, 7) is 2.03. The SMILES string of the molecule is COc1cccc(C(=O)N[C@H]2CCCN(Cc3ccccc3F)C2)c1O. The third-order valence-corrected chi connectivity index (χ3v) is 4.66. The van der Waals surface area contributed by atoms with E-state index in [1.807, 2.05) is 6.07 Å². The monoisotopic (exact) mass is 358 g/mol. The number of rotatable bonds is 5. The van der Waals surface area contributed by atoms with Crippen molar-refractivity contribution in [1.29, 1.82) is 0 Å². The van der Waals surface area contributed by atoms with Gasteiger partial charge >= 0.3 is 0 Å². The summed E-state index contributed by atoms with van der Waals surface area (Å²) in [5.41, 5.74) is 0.848. The number of phenols is 1. The minimum Gasteiger partial charge on any atom is -0.504 e. The number of hydrogen-bond acceptors (Lipinski definition) is 4. The zero-order chi connectivity index (χ0) is 18.5. The number of para-hydroxylation sites is 1. The molecule has 1 fully saturated rings. The standard InChI is InChI=1S/C20H23FN2O3/c1-26-18-10-4-8-16(19(18)24)20(25)22-15-7-5-11-23(13-15)12-14-6-2-3-9-17(14)21/h2-4,6,8-10,15,24H,5,7,11-13H2,1H3,(H,22,25)/t15-/m0/s1. The van der Waals surface area contributed by atoms with Crippen LogP contribution >= 0.6 is 0 Å². The highest BCUT2D eigenvalue weighted by molar-refractivity contribution is 5.97. The van der Waals surface area contributed by atoms with E-state index in [2.05, 4.69) is 10.2 Å². The van der Waals surface area contributed by atoms with Crippen molar-refractivity contribution in [3.63, 3.8) is 0 Å². The van der Waals surface area contributed by atoms with Crippen LogP contribution in [0.25, 0.3) is 0 Å². The van der Waals surface area contributed by atoms with Crippen LogP contribution in [0.3, 0.4) is 0 Å². The topological polar surface area (TPSA) is 61.8 Å². The Labute approximate surface area is 152 Å². The fourth-order valence-corrected chi connectivity index (χ4v) is 3.32. The first-order chi connectivity index (χ1) is 12.6. The van der Waals surface area contributed by atoms with Crippen LogP contribution in [0.4, 0.5) is 4.39 Å². The molecule has 138 valence electrons. The maximum Gasteiger partial charge on any atom is 0.255 e.